The van der Waals surface area contributed by atoms with Crippen molar-refractivity contribution in [3.05, 3.63) is 28.2 Å². The molecule has 0 fully saturated rings. The Morgan fingerprint density at radius 2 is 2.12 bits per heavy atom. The first kappa shape index (κ1) is 13.1. The molecule has 1 atom stereocenters. The van der Waals surface area contributed by atoms with Crippen LogP contribution >= 0.6 is 35.0 Å². The molecule has 0 aliphatic carbocycles. The molecule has 1 aromatic rings. The SMILES string of the molecule is CCCC1CN=C(Nc2c(Cl)cccc2Cl)S1. The summed E-state index contributed by atoms with van der Waals surface area (Å²) in [6, 6.07) is 5.47. The van der Waals surface area contributed by atoms with Gasteiger partial charge in [-0.1, -0.05) is 54.4 Å². The number of hydrogen-bond donors (Lipinski definition) is 1. The molecular formula is C12H14Cl2N2S. The number of amidine groups is 1. The van der Waals surface area contributed by atoms with Crippen LogP contribution in [0.1, 0.15) is 19.8 Å². The van der Waals surface area contributed by atoms with Crippen LogP contribution in [-0.4, -0.2) is 17.0 Å². The number of para-hydroxylation sites is 1. The fourth-order valence-corrected chi connectivity index (χ4v) is 3.30. The number of anilines is 1. The van der Waals surface area contributed by atoms with E-state index in [1.165, 1.54) is 12.8 Å². The third-order valence-corrected chi connectivity index (χ3v) is 4.32. The lowest BCUT2D eigenvalue weighted by Crippen LogP contribution is -2.08. The highest BCUT2D eigenvalue weighted by atomic mass is 35.5. The first-order chi connectivity index (χ1) is 8.20. The summed E-state index contributed by atoms with van der Waals surface area (Å²) in [4.78, 5) is 4.46. The lowest BCUT2D eigenvalue weighted by molar-refractivity contribution is 0.754. The highest BCUT2D eigenvalue weighted by Crippen LogP contribution is 2.33. The second kappa shape index (κ2) is 5.98. The van der Waals surface area contributed by atoms with Gasteiger partial charge in [-0.05, 0) is 18.6 Å². The zero-order valence-electron chi connectivity index (χ0n) is 9.54. The highest BCUT2D eigenvalue weighted by molar-refractivity contribution is 8.15. The predicted molar refractivity (Wildman–Crippen MR) is 78.7 cm³/mol. The number of aliphatic imine (C=N–C) groups is 1. The Bertz CT molecular complexity index is 414. The number of halogens is 2. The summed E-state index contributed by atoms with van der Waals surface area (Å²) in [5, 5.41) is 5.97. The van der Waals surface area contributed by atoms with Gasteiger partial charge in [0.2, 0.25) is 0 Å². The summed E-state index contributed by atoms with van der Waals surface area (Å²) in [5.41, 5.74) is 0.749. The van der Waals surface area contributed by atoms with E-state index in [0.717, 1.165) is 17.4 Å². The molecule has 0 spiro atoms. The van der Waals surface area contributed by atoms with Crippen LogP contribution in [0.25, 0.3) is 0 Å². The van der Waals surface area contributed by atoms with E-state index < -0.39 is 0 Å². The molecule has 1 aliphatic heterocycles. The predicted octanol–water partition coefficient (Wildman–Crippen LogP) is 4.68. The Morgan fingerprint density at radius 1 is 1.41 bits per heavy atom. The Morgan fingerprint density at radius 3 is 2.76 bits per heavy atom. The molecule has 17 heavy (non-hydrogen) atoms. The smallest absolute Gasteiger partial charge is 0.161 e. The third kappa shape index (κ3) is 3.30. The van der Waals surface area contributed by atoms with Gasteiger partial charge in [-0.25, -0.2) is 0 Å². The van der Waals surface area contributed by atoms with Gasteiger partial charge < -0.3 is 5.32 Å². The minimum absolute atomic E-state index is 0.587. The van der Waals surface area contributed by atoms with Gasteiger partial charge in [0.25, 0.3) is 0 Å². The van der Waals surface area contributed by atoms with Gasteiger partial charge in [0.05, 0.1) is 22.3 Å². The van der Waals surface area contributed by atoms with Crippen LogP contribution in [0.4, 0.5) is 5.69 Å². The summed E-state index contributed by atoms with van der Waals surface area (Å²) in [7, 11) is 0. The maximum absolute atomic E-state index is 6.09. The van der Waals surface area contributed by atoms with Crippen molar-refractivity contribution in [2.24, 2.45) is 4.99 Å². The summed E-state index contributed by atoms with van der Waals surface area (Å²) in [6.45, 7) is 3.07. The van der Waals surface area contributed by atoms with Crippen LogP contribution in [0.5, 0.6) is 0 Å². The van der Waals surface area contributed by atoms with Crippen LogP contribution in [0.3, 0.4) is 0 Å². The maximum Gasteiger partial charge on any atom is 0.161 e. The van der Waals surface area contributed by atoms with Gasteiger partial charge in [0.1, 0.15) is 0 Å². The fourth-order valence-electron chi connectivity index (χ4n) is 1.68. The van der Waals surface area contributed by atoms with Crippen LogP contribution in [0.2, 0.25) is 10.0 Å². The van der Waals surface area contributed by atoms with E-state index in [4.69, 9.17) is 23.2 Å². The molecule has 0 amide bonds. The minimum atomic E-state index is 0.587. The zero-order chi connectivity index (χ0) is 12.3. The molecule has 5 heteroatoms. The number of thioether (sulfide) groups is 1. The van der Waals surface area contributed by atoms with Gasteiger partial charge in [0.15, 0.2) is 5.17 Å². The molecular weight excluding hydrogens is 275 g/mol. The van der Waals surface area contributed by atoms with Crippen LogP contribution in [0.15, 0.2) is 23.2 Å². The van der Waals surface area contributed by atoms with Crippen LogP contribution in [-0.2, 0) is 0 Å². The maximum atomic E-state index is 6.09. The van der Waals surface area contributed by atoms with Crippen molar-refractivity contribution in [3.8, 4) is 0 Å². The Hall–Kier alpha value is -0.380. The molecule has 1 aromatic carbocycles. The molecule has 0 saturated carbocycles. The van der Waals surface area contributed by atoms with E-state index in [1.807, 2.05) is 18.2 Å². The first-order valence-corrected chi connectivity index (χ1v) is 7.26. The van der Waals surface area contributed by atoms with Gasteiger partial charge in [-0.3, -0.25) is 4.99 Å². The Labute approximate surface area is 116 Å². The molecule has 2 rings (SSSR count). The van der Waals surface area contributed by atoms with E-state index in [0.29, 0.717) is 15.3 Å². The van der Waals surface area contributed by atoms with Crippen molar-refractivity contribution in [3.63, 3.8) is 0 Å². The van der Waals surface area contributed by atoms with Gasteiger partial charge in [-0.15, -0.1) is 0 Å². The number of nitrogens with one attached hydrogen (secondary N) is 1. The molecule has 1 N–H and O–H groups in total. The van der Waals surface area contributed by atoms with Crippen molar-refractivity contribution >= 4 is 45.8 Å². The van der Waals surface area contributed by atoms with E-state index in [-0.39, 0.29) is 0 Å². The van der Waals surface area contributed by atoms with Crippen molar-refractivity contribution in [1.82, 2.24) is 0 Å². The second-order valence-corrected chi connectivity index (χ2v) is 6.00. The van der Waals surface area contributed by atoms with Gasteiger partial charge in [0, 0.05) is 5.25 Å². The Kier molecular flexibility index (Phi) is 4.60. The summed E-state index contributed by atoms with van der Waals surface area (Å²) in [5.74, 6) is 0. The molecule has 0 saturated heterocycles. The van der Waals surface area contributed by atoms with E-state index in [9.17, 15) is 0 Å². The molecule has 1 unspecified atom stereocenters. The van der Waals surface area contributed by atoms with E-state index >= 15 is 0 Å². The summed E-state index contributed by atoms with van der Waals surface area (Å²) < 4.78 is 0. The number of rotatable bonds is 3. The van der Waals surface area contributed by atoms with Crippen molar-refractivity contribution < 1.29 is 0 Å². The normalized spacial score (nSPS) is 19.2. The van der Waals surface area contributed by atoms with Crippen molar-refractivity contribution in [1.29, 1.82) is 0 Å². The largest absolute Gasteiger partial charge is 0.333 e. The molecule has 0 bridgehead atoms. The lowest BCUT2D eigenvalue weighted by atomic mass is 10.2. The van der Waals surface area contributed by atoms with Crippen molar-refractivity contribution in [2.45, 2.75) is 25.0 Å². The summed E-state index contributed by atoms with van der Waals surface area (Å²) in [6.07, 6.45) is 2.38. The minimum Gasteiger partial charge on any atom is -0.333 e. The number of nitrogens with zero attached hydrogens (tertiary/aromatic N) is 1. The highest BCUT2D eigenvalue weighted by Gasteiger charge is 2.19. The fraction of sp³-hybridized carbons (Fsp3) is 0.417. The molecule has 2 nitrogen and oxygen atoms in total. The second-order valence-electron chi connectivity index (χ2n) is 3.90. The van der Waals surface area contributed by atoms with E-state index in [2.05, 4.69) is 17.2 Å². The van der Waals surface area contributed by atoms with Crippen molar-refractivity contribution in [2.75, 3.05) is 11.9 Å². The number of benzene rings is 1. The van der Waals surface area contributed by atoms with Gasteiger partial charge >= 0.3 is 0 Å². The Balaban J connectivity index is 2.03. The monoisotopic (exact) mass is 288 g/mol. The topological polar surface area (TPSA) is 24.4 Å². The van der Waals surface area contributed by atoms with Crippen LogP contribution < -0.4 is 5.32 Å². The molecule has 92 valence electrons. The zero-order valence-corrected chi connectivity index (χ0v) is 11.9. The third-order valence-electron chi connectivity index (χ3n) is 2.52. The van der Waals surface area contributed by atoms with Crippen LogP contribution in [0, 0.1) is 0 Å². The number of hydrogen-bond acceptors (Lipinski definition) is 3. The summed E-state index contributed by atoms with van der Waals surface area (Å²) >= 11 is 14.0. The molecule has 1 heterocycles. The molecule has 0 aromatic heterocycles. The molecule has 0 radical (unpaired) electrons. The molecule has 1 aliphatic rings. The standard InChI is InChI=1S/C12H14Cl2N2S/c1-2-4-8-7-15-12(17-8)16-11-9(13)5-3-6-10(11)14/h3,5-6,8H,2,4,7H2,1H3,(H,15,16). The lowest BCUT2D eigenvalue weighted by Gasteiger charge is -2.10. The first-order valence-electron chi connectivity index (χ1n) is 5.63. The quantitative estimate of drug-likeness (QED) is 0.874. The van der Waals surface area contributed by atoms with E-state index in [1.54, 1.807) is 11.8 Å². The average Bonchev–Trinajstić information content (AvgIpc) is 2.72. The average molecular weight is 289 g/mol. The van der Waals surface area contributed by atoms with Gasteiger partial charge in [-0.2, -0.15) is 0 Å².